The summed E-state index contributed by atoms with van der Waals surface area (Å²) in [7, 11) is 0. The van der Waals surface area contributed by atoms with Gasteiger partial charge in [0.15, 0.2) is 0 Å². The number of aromatic nitrogens is 3. The van der Waals surface area contributed by atoms with Crippen molar-refractivity contribution in [1.29, 1.82) is 0 Å². The van der Waals surface area contributed by atoms with E-state index in [-0.39, 0.29) is 5.28 Å². The SMILES string of the molecule is CCC(CC)Nc1nc(Cl)nc(N(CC)CC)n1. The molecule has 0 saturated carbocycles. The van der Waals surface area contributed by atoms with Crippen LogP contribution in [0, 0.1) is 0 Å². The van der Waals surface area contributed by atoms with Crippen molar-refractivity contribution in [1.82, 2.24) is 15.0 Å². The van der Waals surface area contributed by atoms with E-state index in [4.69, 9.17) is 11.6 Å². The van der Waals surface area contributed by atoms with Crippen LogP contribution in [0.4, 0.5) is 11.9 Å². The molecule has 1 aromatic rings. The van der Waals surface area contributed by atoms with Crippen LogP contribution in [-0.4, -0.2) is 34.1 Å². The van der Waals surface area contributed by atoms with E-state index in [0.29, 0.717) is 17.9 Å². The molecular weight excluding hydrogens is 250 g/mol. The fraction of sp³-hybridized carbons (Fsp3) is 0.750. The van der Waals surface area contributed by atoms with Crippen molar-refractivity contribution >= 4 is 23.5 Å². The fourth-order valence-corrected chi connectivity index (χ4v) is 1.88. The molecule has 18 heavy (non-hydrogen) atoms. The normalized spacial score (nSPS) is 10.8. The van der Waals surface area contributed by atoms with Crippen molar-refractivity contribution in [3.05, 3.63) is 5.28 Å². The summed E-state index contributed by atoms with van der Waals surface area (Å²) in [5, 5.41) is 3.53. The lowest BCUT2D eigenvalue weighted by atomic mass is 10.2. The molecule has 0 spiro atoms. The lowest BCUT2D eigenvalue weighted by Crippen LogP contribution is -2.26. The molecule has 102 valence electrons. The summed E-state index contributed by atoms with van der Waals surface area (Å²) < 4.78 is 0. The molecule has 6 heteroatoms. The second kappa shape index (κ2) is 7.36. The molecule has 1 rings (SSSR count). The number of hydrogen-bond acceptors (Lipinski definition) is 5. The van der Waals surface area contributed by atoms with Crippen LogP contribution in [0.5, 0.6) is 0 Å². The van der Waals surface area contributed by atoms with Gasteiger partial charge < -0.3 is 10.2 Å². The summed E-state index contributed by atoms with van der Waals surface area (Å²) in [6.45, 7) is 10.1. The van der Waals surface area contributed by atoms with E-state index in [1.54, 1.807) is 0 Å². The summed E-state index contributed by atoms with van der Waals surface area (Å²) in [5.41, 5.74) is 0. The van der Waals surface area contributed by atoms with Crippen LogP contribution >= 0.6 is 11.6 Å². The minimum absolute atomic E-state index is 0.236. The van der Waals surface area contributed by atoms with E-state index < -0.39 is 0 Å². The predicted molar refractivity (Wildman–Crippen MR) is 76.4 cm³/mol. The molecule has 0 atom stereocenters. The molecule has 5 nitrogen and oxygen atoms in total. The third-order valence-corrected chi connectivity index (χ3v) is 3.13. The van der Waals surface area contributed by atoms with Crippen LogP contribution in [0.2, 0.25) is 5.28 Å². The van der Waals surface area contributed by atoms with Gasteiger partial charge in [0.2, 0.25) is 17.2 Å². The maximum Gasteiger partial charge on any atom is 0.231 e. The summed E-state index contributed by atoms with van der Waals surface area (Å²) in [4.78, 5) is 14.8. The average Bonchev–Trinajstić information content (AvgIpc) is 2.37. The predicted octanol–water partition coefficient (Wildman–Crippen LogP) is 2.97. The highest BCUT2D eigenvalue weighted by atomic mass is 35.5. The van der Waals surface area contributed by atoms with Crippen LogP contribution in [-0.2, 0) is 0 Å². The smallest absolute Gasteiger partial charge is 0.231 e. The summed E-state index contributed by atoms with van der Waals surface area (Å²) in [6.07, 6.45) is 2.06. The van der Waals surface area contributed by atoms with Crippen molar-refractivity contribution < 1.29 is 0 Å². The van der Waals surface area contributed by atoms with Gasteiger partial charge in [0.1, 0.15) is 0 Å². The molecule has 0 bridgehead atoms. The summed E-state index contributed by atoms with van der Waals surface area (Å²) in [5.74, 6) is 1.19. The van der Waals surface area contributed by atoms with Gasteiger partial charge in [0.25, 0.3) is 0 Å². The number of anilines is 2. The highest BCUT2D eigenvalue weighted by Gasteiger charge is 2.12. The Balaban J connectivity index is 2.93. The lowest BCUT2D eigenvalue weighted by Gasteiger charge is -2.20. The highest BCUT2D eigenvalue weighted by molar-refractivity contribution is 6.28. The fourth-order valence-electron chi connectivity index (χ4n) is 1.73. The van der Waals surface area contributed by atoms with Crippen molar-refractivity contribution in [2.45, 2.75) is 46.6 Å². The van der Waals surface area contributed by atoms with Crippen LogP contribution in [0.25, 0.3) is 0 Å². The summed E-state index contributed by atoms with van der Waals surface area (Å²) in [6, 6.07) is 0.369. The van der Waals surface area contributed by atoms with E-state index in [2.05, 4.69) is 48.0 Å². The highest BCUT2D eigenvalue weighted by Crippen LogP contribution is 2.15. The molecule has 0 radical (unpaired) electrons. The first-order valence-electron chi connectivity index (χ1n) is 6.57. The molecule has 1 aromatic heterocycles. The van der Waals surface area contributed by atoms with Gasteiger partial charge in [-0.1, -0.05) is 13.8 Å². The zero-order valence-electron chi connectivity index (χ0n) is 11.6. The molecule has 0 fully saturated rings. The van der Waals surface area contributed by atoms with Crippen LogP contribution < -0.4 is 10.2 Å². The Labute approximate surface area is 114 Å². The largest absolute Gasteiger partial charge is 0.351 e. The quantitative estimate of drug-likeness (QED) is 0.826. The Morgan fingerprint density at radius 1 is 1.06 bits per heavy atom. The maximum absolute atomic E-state index is 5.95. The number of rotatable bonds is 7. The monoisotopic (exact) mass is 271 g/mol. The Hall–Kier alpha value is -1.10. The van der Waals surface area contributed by atoms with Crippen molar-refractivity contribution in [3.63, 3.8) is 0 Å². The zero-order valence-corrected chi connectivity index (χ0v) is 12.3. The Bertz CT molecular complexity index is 363. The Kier molecular flexibility index (Phi) is 6.12. The van der Waals surface area contributed by atoms with E-state index in [1.165, 1.54) is 0 Å². The molecule has 0 saturated heterocycles. The van der Waals surface area contributed by atoms with Crippen LogP contribution in [0.3, 0.4) is 0 Å². The van der Waals surface area contributed by atoms with Crippen molar-refractivity contribution in [2.24, 2.45) is 0 Å². The first kappa shape index (κ1) is 15.0. The summed E-state index contributed by atoms with van der Waals surface area (Å²) >= 11 is 5.95. The third kappa shape index (κ3) is 3.98. The molecule has 0 aromatic carbocycles. The van der Waals surface area contributed by atoms with Gasteiger partial charge in [-0.25, -0.2) is 0 Å². The van der Waals surface area contributed by atoms with E-state index in [1.807, 2.05) is 4.90 Å². The Morgan fingerprint density at radius 2 is 1.67 bits per heavy atom. The molecule has 0 aliphatic rings. The lowest BCUT2D eigenvalue weighted by molar-refractivity contribution is 0.662. The molecule has 0 unspecified atom stereocenters. The van der Waals surface area contributed by atoms with Gasteiger partial charge in [0, 0.05) is 19.1 Å². The van der Waals surface area contributed by atoms with Crippen molar-refractivity contribution in [3.8, 4) is 0 Å². The van der Waals surface area contributed by atoms with Gasteiger partial charge in [0.05, 0.1) is 0 Å². The second-order valence-corrected chi connectivity index (χ2v) is 4.40. The maximum atomic E-state index is 5.95. The second-order valence-electron chi connectivity index (χ2n) is 4.06. The molecule has 1 N–H and O–H groups in total. The van der Waals surface area contributed by atoms with Crippen molar-refractivity contribution in [2.75, 3.05) is 23.3 Å². The Morgan fingerprint density at radius 3 is 2.17 bits per heavy atom. The van der Waals surface area contributed by atoms with Gasteiger partial charge in [-0.15, -0.1) is 0 Å². The number of hydrogen-bond donors (Lipinski definition) is 1. The molecule has 0 amide bonds. The van der Waals surface area contributed by atoms with E-state index >= 15 is 0 Å². The standard InChI is InChI=1S/C12H22ClN5/c1-5-9(6-2)14-11-15-10(13)16-12(17-11)18(7-3)8-4/h9H,5-8H2,1-4H3,(H,14,15,16,17). The first-order chi connectivity index (χ1) is 8.64. The van der Waals surface area contributed by atoms with Gasteiger partial charge in [-0.05, 0) is 38.3 Å². The molecular formula is C12H22ClN5. The number of halogens is 1. The van der Waals surface area contributed by atoms with E-state index in [0.717, 1.165) is 25.9 Å². The number of nitrogens with zero attached hydrogens (tertiary/aromatic N) is 4. The molecule has 0 aliphatic carbocycles. The van der Waals surface area contributed by atoms with E-state index in [9.17, 15) is 0 Å². The van der Waals surface area contributed by atoms with Gasteiger partial charge in [-0.2, -0.15) is 15.0 Å². The van der Waals surface area contributed by atoms with Gasteiger partial charge in [-0.3, -0.25) is 0 Å². The minimum atomic E-state index is 0.236. The van der Waals surface area contributed by atoms with Crippen LogP contribution in [0.1, 0.15) is 40.5 Å². The first-order valence-corrected chi connectivity index (χ1v) is 6.95. The number of nitrogens with one attached hydrogen (secondary N) is 1. The zero-order chi connectivity index (χ0) is 13.5. The van der Waals surface area contributed by atoms with Gasteiger partial charge >= 0.3 is 0 Å². The van der Waals surface area contributed by atoms with Crippen LogP contribution in [0.15, 0.2) is 0 Å². The third-order valence-electron chi connectivity index (χ3n) is 2.96. The minimum Gasteiger partial charge on any atom is -0.351 e. The molecule has 1 heterocycles. The topological polar surface area (TPSA) is 53.9 Å². The molecule has 0 aliphatic heterocycles. The average molecular weight is 272 g/mol.